The van der Waals surface area contributed by atoms with Gasteiger partial charge < -0.3 is 10.1 Å². The Morgan fingerprint density at radius 1 is 1.13 bits per heavy atom. The van der Waals surface area contributed by atoms with Crippen LogP contribution in [-0.2, 0) is 6.18 Å². The number of hydrogen-bond donors (Lipinski definition) is 3. The standard InChI is InChI=1S/C19H17F3N4O4S/c20-19(21,22)16-5-6-17(26-25-16)30-13-2-4-14-11(9-13)1-3-15(24-14)18(27)23-12-7-8-31(28,29)10-12/h1-6,9,12,28-29H,7-8,10H2,(H,23,27). The smallest absolute Gasteiger partial charge is 0.435 e. The lowest BCUT2D eigenvalue weighted by molar-refractivity contribution is -0.141. The topological polar surface area (TPSA) is 117 Å². The predicted octanol–water partition coefficient (Wildman–Crippen LogP) is 4.09. The highest BCUT2D eigenvalue weighted by molar-refractivity contribution is 8.24. The maximum absolute atomic E-state index is 12.6. The predicted molar refractivity (Wildman–Crippen MR) is 107 cm³/mol. The number of nitrogens with one attached hydrogen (secondary N) is 1. The molecule has 0 spiro atoms. The van der Waals surface area contributed by atoms with Crippen LogP contribution in [0, 0.1) is 0 Å². The van der Waals surface area contributed by atoms with Gasteiger partial charge in [-0.2, -0.15) is 23.8 Å². The van der Waals surface area contributed by atoms with Crippen molar-refractivity contribution in [3.63, 3.8) is 0 Å². The fraction of sp³-hybridized carbons (Fsp3) is 0.263. The van der Waals surface area contributed by atoms with Crippen molar-refractivity contribution in [2.45, 2.75) is 18.6 Å². The van der Waals surface area contributed by atoms with Gasteiger partial charge in [0.05, 0.1) is 11.3 Å². The number of ether oxygens (including phenoxy) is 1. The van der Waals surface area contributed by atoms with Gasteiger partial charge in [0.15, 0.2) is 5.69 Å². The summed E-state index contributed by atoms with van der Waals surface area (Å²) >= 11 is 0. The number of amides is 1. The molecule has 8 nitrogen and oxygen atoms in total. The molecule has 1 fully saturated rings. The second-order valence-electron chi connectivity index (χ2n) is 7.04. The van der Waals surface area contributed by atoms with Crippen molar-refractivity contribution in [1.29, 1.82) is 0 Å². The average Bonchev–Trinajstić information content (AvgIpc) is 3.05. The maximum Gasteiger partial charge on any atom is 0.435 e. The minimum atomic E-state index is -4.58. The molecule has 1 atom stereocenters. The molecule has 164 valence electrons. The van der Waals surface area contributed by atoms with Crippen LogP contribution in [0.4, 0.5) is 13.2 Å². The van der Waals surface area contributed by atoms with E-state index in [1.807, 2.05) is 0 Å². The molecule has 31 heavy (non-hydrogen) atoms. The molecule has 3 aromatic rings. The largest absolute Gasteiger partial charge is 0.438 e. The maximum atomic E-state index is 12.6. The highest BCUT2D eigenvalue weighted by Gasteiger charge is 2.33. The van der Waals surface area contributed by atoms with Gasteiger partial charge in [0, 0.05) is 23.2 Å². The normalized spacial score (nSPS) is 19.2. The summed E-state index contributed by atoms with van der Waals surface area (Å²) < 4.78 is 62.5. The number of nitrogens with zero attached hydrogens (tertiary/aromatic N) is 3. The van der Waals surface area contributed by atoms with Gasteiger partial charge in [-0.3, -0.25) is 13.9 Å². The van der Waals surface area contributed by atoms with E-state index in [-0.39, 0.29) is 29.1 Å². The Hall–Kier alpha value is -2.96. The Morgan fingerprint density at radius 2 is 1.94 bits per heavy atom. The van der Waals surface area contributed by atoms with E-state index < -0.39 is 28.4 Å². The van der Waals surface area contributed by atoms with Crippen LogP contribution in [0.5, 0.6) is 11.6 Å². The van der Waals surface area contributed by atoms with Gasteiger partial charge in [0.2, 0.25) is 5.88 Å². The van der Waals surface area contributed by atoms with E-state index in [0.29, 0.717) is 23.1 Å². The van der Waals surface area contributed by atoms with Gasteiger partial charge >= 0.3 is 6.18 Å². The molecule has 0 saturated carbocycles. The summed E-state index contributed by atoms with van der Waals surface area (Å²) in [6, 6.07) is 9.47. The number of carbonyl (C=O) groups excluding carboxylic acids is 1. The first kappa shape index (κ1) is 21.3. The van der Waals surface area contributed by atoms with Crippen LogP contribution in [0.1, 0.15) is 22.6 Å². The van der Waals surface area contributed by atoms with Gasteiger partial charge in [0.25, 0.3) is 5.91 Å². The summed E-state index contributed by atoms with van der Waals surface area (Å²) in [6.45, 7) is 0. The highest BCUT2D eigenvalue weighted by Crippen LogP contribution is 2.45. The first-order valence-corrected chi connectivity index (χ1v) is 11.0. The Morgan fingerprint density at radius 3 is 2.58 bits per heavy atom. The minimum absolute atomic E-state index is 0.0983. The molecule has 1 aromatic carbocycles. The number of fused-ring (bicyclic) bond motifs is 1. The molecule has 0 radical (unpaired) electrons. The molecule has 3 N–H and O–H groups in total. The summed E-state index contributed by atoms with van der Waals surface area (Å²) in [5, 5.41) is 9.92. The quantitative estimate of drug-likeness (QED) is 0.544. The molecule has 0 aliphatic carbocycles. The second-order valence-corrected chi connectivity index (χ2v) is 9.39. The number of carbonyl (C=O) groups is 1. The number of alkyl halides is 3. The first-order valence-electron chi connectivity index (χ1n) is 9.13. The van der Waals surface area contributed by atoms with Gasteiger partial charge in [-0.1, -0.05) is 6.07 Å². The lowest BCUT2D eigenvalue weighted by atomic mass is 10.2. The molecule has 1 aliphatic rings. The summed E-state index contributed by atoms with van der Waals surface area (Å²) in [5.41, 5.74) is -0.427. The monoisotopic (exact) mass is 454 g/mol. The number of aromatic nitrogens is 3. The van der Waals surface area contributed by atoms with Gasteiger partial charge in [0.1, 0.15) is 11.4 Å². The molecule has 1 aliphatic heterocycles. The van der Waals surface area contributed by atoms with Crippen molar-refractivity contribution in [2.24, 2.45) is 0 Å². The third-order valence-corrected chi connectivity index (χ3v) is 6.47. The number of pyridine rings is 1. The number of hydrogen-bond acceptors (Lipinski definition) is 7. The zero-order chi connectivity index (χ0) is 22.2. The Balaban J connectivity index is 1.46. The van der Waals surface area contributed by atoms with Crippen molar-refractivity contribution < 1.29 is 31.8 Å². The molecule has 1 amide bonds. The molecule has 1 saturated heterocycles. The van der Waals surface area contributed by atoms with Gasteiger partial charge in [-0.25, -0.2) is 4.98 Å². The number of rotatable bonds is 4. The zero-order valence-corrected chi connectivity index (χ0v) is 16.7. The van der Waals surface area contributed by atoms with Gasteiger partial charge in [-0.15, -0.1) is 10.2 Å². The summed E-state index contributed by atoms with van der Waals surface area (Å²) in [4.78, 5) is 16.7. The van der Waals surface area contributed by atoms with Crippen molar-refractivity contribution in [3.8, 4) is 11.6 Å². The van der Waals surface area contributed by atoms with Crippen LogP contribution in [-0.4, -0.2) is 47.7 Å². The Labute approximate surface area is 175 Å². The molecule has 1 unspecified atom stereocenters. The van der Waals surface area contributed by atoms with E-state index in [2.05, 4.69) is 20.5 Å². The Kier molecular flexibility index (Phi) is 5.45. The van der Waals surface area contributed by atoms with Crippen LogP contribution in [0.15, 0.2) is 42.5 Å². The van der Waals surface area contributed by atoms with Crippen molar-refractivity contribution in [1.82, 2.24) is 20.5 Å². The van der Waals surface area contributed by atoms with E-state index in [1.54, 1.807) is 24.3 Å². The summed E-state index contributed by atoms with van der Waals surface area (Å²) in [5.74, 6) is 0.217. The fourth-order valence-electron chi connectivity index (χ4n) is 3.13. The number of benzene rings is 1. The summed E-state index contributed by atoms with van der Waals surface area (Å²) in [6.07, 6.45) is -4.09. The molecule has 3 heterocycles. The van der Waals surface area contributed by atoms with Crippen LogP contribution >= 0.6 is 10.6 Å². The summed E-state index contributed by atoms with van der Waals surface area (Å²) in [7, 11) is -2.61. The SMILES string of the molecule is O=C(NC1CCS(O)(O)C1)c1ccc2cc(Oc3ccc(C(F)(F)F)nn3)ccc2n1. The third kappa shape index (κ3) is 5.03. The fourth-order valence-corrected chi connectivity index (χ4v) is 4.86. The Bertz CT molecular complexity index is 1130. The second kappa shape index (κ2) is 7.94. The molecular weight excluding hydrogens is 437 g/mol. The highest BCUT2D eigenvalue weighted by atomic mass is 32.3. The molecule has 12 heteroatoms. The average molecular weight is 454 g/mol. The minimum Gasteiger partial charge on any atom is -0.438 e. The van der Waals surface area contributed by atoms with Crippen LogP contribution < -0.4 is 10.1 Å². The molecule has 4 rings (SSSR count). The molecular formula is C19H17F3N4O4S. The molecule has 2 aromatic heterocycles. The van der Waals surface area contributed by atoms with E-state index in [9.17, 15) is 27.1 Å². The van der Waals surface area contributed by atoms with Crippen molar-refractivity contribution in [2.75, 3.05) is 11.5 Å². The lowest BCUT2D eigenvalue weighted by Gasteiger charge is -2.25. The van der Waals surface area contributed by atoms with Crippen LogP contribution in [0.2, 0.25) is 0 Å². The number of halogens is 3. The van der Waals surface area contributed by atoms with Crippen LogP contribution in [0.25, 0.3) is 10.9 Å². The van der Waals surface area contributed by atoms with Gasteiger partial charge in [-0.05, 0) is 36.8 Å². The van der Waals surface area contributed by atoms with Crippen molar-refractivity contribution in [3.05, 3.63) is 53.9 Å². The zero-order valence-electron chi connectivity index (χ0n) is 15.8. The third-order valence-electron chi connectivity index (χ3n) is 4.64. The first-order chi connectivity index (χ1) is 14.6. The van der Waals surface area contributed by atoms with Crippen molar-refractivity contribution >= 4 is 27.4 Å². The van der Waals surface area contributed by atoms with E-state index in [4.69, 9.17) is 4.74 Å². The van der Waals surface area contributed by atoms with E-state index >= 15 is 0 Å². The van der Waals surface area contributed by atoms with E-state index in [0.717, 1.165) is 12.1 Å². The van der Waals surface area contributed by atoms with Crippen LogP contribution in [0.3, 0.4) is 0 Å². The molecule has 0 bridgehead atoms. The lowest BCUT2D eigenvalue weighted by Crippen LogP contribution is -2.35. The van der Waals surface area contributed by atoms with E-state index in [1.165, 1.54) is 6.07 Å².